The predicted molar refractivity (Wildman–Crippen MR) is 112 cm³/mol. The maximum atomic E-state index is 12.4. The van der Waals surface area contributed by atoms with Crippen molar-refractivity contribution in [1.82, 2.24) is 9.80 Å². The van der Waals surface area contributed by atoms with Crippen molar-refractivity contribution in [2.75, 3.05) is 32.8 Å². The van der Waals surface area contributed by atoms with E-state index in [-0.39, 0.29) is 31.1 Å². The maximum Gasteiger partial charge on any atom is 0.320 e. The fourth-order valence-corrected chi connectivity index (χ4v) is 3.44. The van der Waals surface area contributed by atoms with Gasteiger partial charge in [-0.25, -0.2) is 0 Å². The molecular formula is C22H27N3O5. The Bertz CT molecular complexity index is 909. The average molecular weight is 413 g/mol. The first kappa shape index (κ1) is 21.6. The van der Waals surface area contributed by atoms with E-state index in [1.54, 1.807) is 9.80 Å². The van der Waals surface area contributed by atoms with E-state index in [2.05, 4.69) is 0 Å². The Morgan fingerprint density at radius 1 is 0.933 bits per heavy atom. The molecule has 8 nitrogen and oxygen atoms in total. The van der Waals surface area contributed by atoms with Crippen LogP contribution in [0.1, 0.15) is 19.3 Å². The van der Waals surface area contributed by atoms with Crippen LogP contribution in [0.15, 0.2) is 42.5 Å². The molecule has 1 atom stereocenters. The lowest BCUT2D eigenvalue weighted by Gasteiger charge is -2.35. The van der Waals surface area contributed by atoms with Crippen molar-refractivity contribution in [2.45, 2.75) is 25.3 Å². The molecule has 8 heteroatoms. The van der Waals surface area contributed by atoms with Crippen molar-refractivity contribution in [3.05, 3.63) is 42.5 Å². The molecule has 1 saturated heterocycles. The Morgan fingerprint density at radius 3 is 2.17 bits per heavy atom. The highest BCUT2D eigenvalue weighted by Gasteiger charge is 2.24. The van der Waals surface area contributed by atoms with Crippen LogP contribution in [0.3, 0.4) is 0 Å². The van der Waals surface area contributed by atoms with E-state index in [0.29, 0.717) is 32.8 Å². The SMILES string of the molecule is N[C@@H](CCC(=O)N1CCN(C(=O)CCOc2ccc3ccccc3c2)CC1)C(=O)O. The number of benzene rings is 2. The molecule has 0 aliphatic carbocycles. The predicted octanol–water partition coefficient (Wildman–Crippen LogP) is 1.47. The molecule has 0 saturated carbocycles. The summed E-state index contributed by atoms with van der Waals surface area (Å²) in [5.41, 5.74) is 5.44. The maximum absolute atomic E-state index is 12.4. The van der Waals surface area contributed by atoms with Crippen LogP contribution in [0.2, 0.25) is 0 Å². The number of rotatable bonds is 8. The van der Waals surface area contributed by atoms with Crippen LogP contribution >= 0.6 is 0 Å². The number of amides is 2. The van der Waals surface area contributed by atoms with Gasteiger partial charge in [-0.1, -0.05) is 30.3 Å². The number of aliphatic carboxylic acids is 1. The molecule has 1 aliphatic heterocycles. The van der Waals surface area contributed by atoms with Crippen molar-refractivity contribution in [3.63, 3.8) is 0 Å². The minimum Gasteiger partial charge on any atom is -0.493 e. The van der Waals surface area contributed by atoms with E-state index in [1.165, 1.54) is 0 Å². The topological polar surface area (TPSA) is 113 Å². The summed E-state index contributed by atoms with van der Waals surface area (Å²) in [7, 11) is 0. The first-order chi connectivity index (χ1) is 14.4. The number of hydrogen-bond acceptors (Lipinski definition) is 5. The molecule has 160 valence electrons. The second kappa shape index (κ2) is 10.1. The van der Waals surface area contributed by atoms with Crippen molar-refractivity contribution in [3.8, 4) is 5.75 Å². The molecule has 30 heavy (non-hydrogen) atoms. The Kier molecular flexibility index (Phi) is 7.24. The lowest BCUT2D eigenvalue weighted by atomic mass is 10.1. The zero-order valence-electron chi connectivity index (χ0n) is 16.8. The fourth-order valence-electron chi connectivity index (χ4n) is 3.44. The molecule has 2 amide bonds. The number of nitrogens with zero attached hydrogens (tertiary/aromatic N) is 2. The zero-order chi connectivity index (χ0) is 21.5. The second-order valence-corrected chi connectivity index (χ2v) is 7.35. The summed E-state index contributed by atoms with van der Waals surface area (Å²) in [6, 6.07) is 12.8. The largest absolute Gasteiger partial charge is 0.493 e. The highest BCUT2D eigenvalue weighted by atomic mass is 16.5. The highest BCUT2D eigenvalue weighted by molar-refractivity contribution is 5.83. The van der Waals surface area contributed by atoms with E-state index in [4.69, 9.17) is 15.6 Å². The standard InChI is InChI=1S/C22H27N3O5/c23-19(22(28)29)7-8-20(26)24-10-12-25(13-11-24)21(27)9-14-30-18-6-5-16-3-1-2-4-17(16)15-18/h1-6,15,19H,7-14,23H2,(H,28,29)/t19-/m0/s1. The number of carbonyl (C=O) groups excluding carboxylic acids is 2. The number of ether oxygens (including phenoxy) is 1. The van der Waals surface area contributed by atoms with E-state index >= 15 is 0 Å². The van der Waals surface area contributed by atoms with Gasteiger partial charge in [0.05, 0.1) is 13.0 Å². The number of carboxylic acid groups (broad SMARTS) is 1. The van der Waals surface area contributed by atoms with Gasteiger partial charge in [0, 0.05) is 32.6 Å². The summed E-state index contributed by atoms with van der Waals surface area (Å²) >= 11 is 0. The quantitative estimate of drug-likeness (QED) is 0.678. The van der Waals surface area contributed by atoms with Crippen molar-refractivity contribution >= 4 is 28.6 Å². The summed E-state index contributed by atoms with van der Waals surface area (Å²) < 4.78 is 5.74. The Labute approximate surface area is 175 Å². The van der Waals surface area contributed by atoms with Crippen LogP contribution in [0.4, 0.5) is 0 Å². The van der Waals surface area contributed by atoms with Crippen molar-refractivity contribution in [2.24, 2.45) is 5.73 Å². The Balaban J connectivity index is 1.38. The first-order valence-corrected chi connectivity index (χ1v) is 10.1. The molecule has 0 bridgehead atoms. The van der Waals surface area contributed by atoms with E-state index in [1.807, 2.05) is 42.5 Å². The Hall–Kier alpha value is -3.13. The van der Waals surface area contributed by atoms with Crippen molar-refractivity contribution in [1.29, 1.82) is 0 Å². The number of nitrogens with two attached hydrogens (primary N) is 1. The van der Waals surface area contributed by atoms with E-state index in [0.717, 1.165) is 16.5 Å². The van der Waals surface area contributed by atoms with Gasteiger partial charge in [0.1, 0.15) is 11.8 Å². The van der Waals surface area contributed by atoms with E-state index < -0.39 is 12.0 Å². The molecule has 1 heterocycles. The van der Waals surface area contributed by atoms with Gasteiger partial charge >= 0.3 is 5.97 Å². The van der Waals surface area contributed by atoms with Gasteiger partial charge in [-0.3, -0.25) is 14.4 Å². The van der Waals surface area contributed by atoms with Crippen molar-refractivity contribution < 1.29 is 24.2 Å². The summed E-state index contributed by atoms with van der Waals surface area (Å²) in [4.78, 5) is 38.7. The van der Waals surface area contributed by atoms with Crippen LogP contribution in [-0.2, 0) is 14.4 Å². The lowest BCUT2D eigenvalue weighted by Crippen LogP contribution is -2.51. The number of piperazine rings is 1. The average Bonchev–Trinajstić information content (AvgIpc) is 2.77. The molecule has 1 fully saturated rings. The fraction of sp³-hybridized carbons (Fsp3) is 0.409. The van der Waals surface area contributed by atoms with Gasteiger partial charge in [0.15, 0.2) is 0 Å². The lowest BCUT2D eigenvalue weighted by molar-refractivity contribution is -0.141. The smallest absolute Gasteiger partial charge is 0.320 e. The monoisotopic (exact) mass is 413 g/mol. The normalized spacial score (nSPS) is 15.1. The highest BCUT2D eigenvalue weighted by Crippen LogP contribution is 2.20. The van der Waals surface area contributed by atoms with Gasteiger partial charge in [-0.2, -0.15) is 0 Å². The molecule has 3 N–H and O–H groups in total. The summed E-state index contributed by atoms with van der Waals surface area (Å²) in [5, 5.41) is 11.0. The van der Waals surface area contributed by atoms with Gasteiger partial charge < -0.3 is 25.4 Å². The van der Waals surface area contributed by atoms with Gasteiger partial charge in [0.2, 0.25) is 11.8 Å². The third-order valence-electron chi connectivity index (χ3n) is 5.28. The van der Waals surface area contributed by atoms with Crippen LogP contribution in [-0.4, -0.2) is 71.5 Å². The van der Waals surface area contributed by atoms with Gasteiger partial charge in [-0.15, -0.1) is 0 Å². The van der Waals surface area contributed by atoms with Crippen LogP contribution in [0, 0.1) is 0 Å². The van der Waals surface area contributed by atoms with Gasteiger partial charge in [0.25, 0.3) is 0 Å². The number of carboxylic acids is 1. The minimum absolute atomic E-state index is 0.00390. The van der Waals surface area contributed by atoms with Crippen LogP contribution in [0.5, 0.6) is 5.75 Å². The molecule has 1 aliphatic rings. The summed E-state index contributed by atoms with van der Waals surface area (Å²) in [5.74, 6) is -0.505. The third-order valence-corrected chi connectivity index (χ3v) is 5.28. The molecule has 0 spiro atoms. The second-order valence-electron chi connectivity index (χ2n) is 7.35. The van der Waals surface area contributed by atoms with Gasteiger partial charge in [-0.05, 0) is 29.3 Å². The summed E-state index contributed by atoms with van der Waals surface area (Å²) in [6.07, 6.45) is 0.481. The first-order valence-electron chi connectivity index (χ1n) is 10.1. The Morgan fingerprint density at radius 2 is 1.53 bits per heavy atom. The molecule has 3 rings (SSSR count). The molecule has 0 radical (unpaired) electrons. The van der Waals surface area contributed by atoms with Crippen LogP contribution < -0.4 is 10.5 Å². The number of hydrogen-bond donors (Lipinski definition) is 2. The molecule has 2 aromatic carbocycles. The zero-order valence-corrected chi connectivity index (χ0v) is 16.8. The third kappa shape index (κ3) is 5.70. The molecule has 0 unspecified atom stereocenters. The summed E-state index contributed by atoms with van der Waals surface area (Å²) in [6.45, 7) is 2.11. The molecule has 0 aromatic heterocycles. The minimum atomic E-state index is -1.11. The number of fused-ring (bicyclic) bond motifs is 1. The molecular weight excluding hydrogens is 386 g/mol. The molecule has 2 aromatic rings. The van der Waals surface area contributed by atoms with E-state index in [9.17, 15) is 14.4 Å². The number of carbonyl (C=O) groups is 3. The van der Waals surface area contributed by atoms with Crippen LogP contribution in [0.25, 0.3) is 10.8 Å².